The van der Waals surface area contributed by atoms with Crippen LogP contribution in [0.1, 0.15) is 24.7 Å². The predicted molar refractivity (Wildman–Crippen MR) is 119 cm³/mol. The smallest absolute Gasteiger partial charge is 0.238 e. The van der Waals surface area contributed by atoms with Gasteiger partial charge in [-0.25, -0.2) is 8.78 Å². The Morgan fingerprint density at radius 2 is 1.81 bits per heavy atom. The monoisotopic (exact) mass is 459 g/mol. The highest BCUT2D eigenvalue weighted by atomic mass is 32.2. The van der Waals surface area contributed by atoms with Gasteiger partial charge in [-0.15, -0.1) is 10.2 Å². The number of thioether (sulfide) groups is 1. The lowest BCUT2D eigenvalue weighted by atomic mass is 10.2. The van der Waals surface area contributed by atoms with Crippen molar-refractivity contribution in [2.24, 2.45) is 7.05 Å². The van der Waals surface area contributed by atoms with Crippen molar-refractivity contribution in [1.29, 1.82) is 0 Å². The third-order valence-electron chi connectivity index (χ3n) is 4.68. The number of carbonyl (C=O) groups excluding carboxylic acids is 2. The summed E-state index contributed by atoms with van der Waals surface area (Å²) in [6.07, 6.45) is 0.455. The summed E-state index contributed by atoms with van der Waals surface area (Å²) in [6, 6.07) is 10.4. The molecular formula is C22H23F2N5O2S. The molecule has 0 radical (unpaired) electrons. The minimum absolute atomic E-state index is 0.0156. The number of anilines is 2. The number of rotatable bonds is 8. The molecule has 1 heterocycles. The Morgan fingerprint density at radius 3 is 2.47 bits per heavy atom. The van der Waals surface area contributed by atoms with Gasteiger partial charge in [-0.05, 0) is 37.6 Å². The maximum absolute atomic E-state index is 13.8. The van der Waals surface area contributed by atoms with E-state index in [0.29, 0.717) is 29.2 Å². The molecular weight excluding hydrogens is 436 g/mol. The number of benzene rings is 2. The van der Waals surface area contributed by atoms with E-state index in [9.17, 15) is 18.4 Å². The lowest BCUT2D eigenvalue weighted by Crippen LogP contribution is -2.25. The summed E-state index contributed by atoms with van der Waals surface area (Å²) in [7, 11) is 1.71. The Morgan fingerprint density at radius 1 is 1.09 bits per heavy atom. The largest absolute Gasteiger partial charge is 0.326 e. The fraction of sp³-hybridized carbons (Fsp3) is 0.273. The van der Waals surface area contributed by atoms with E-state index in [2.05, 4.69) is 20.8 Å². The molecule has 0 saturated carbocycles. The van der Waals surface area contributed by atoms with E-state index in [1.807, 2.05) is 38.1 Å². The second kappa shape index (κ2) is 10.4. The normalized spacial score (nSPS) is 11.8. The van der Waals surface area contributed by atoms with E-state index < -0.39 is 22.8 Å². The molecule has 1 atom stereocenters. The van der Waals surface area contributed by atoms with Crippen LogP contribution in [-0.4, -0.2) is 31.8 Å². The van der Waals surface area contributed by atoms with Crippen molar-refractivity contribution in [3.8, 4) is 0 Å². The van der Waals surface area contributed by atoms with Crippen LogP contribution >= 0.6 is 11.8 Å². The molecule has 2 N–H and O–H groups in total. The molecule has 0 fully saturated rings. The number of hydrogen-bond donors (Lipinski definition) is 2. The van der Waals surface area contributed by atoms with E-state index in [1.165, 1.54) is 6.07 Å². The van der Waals surface area contributed by atoms with Gasteiger partial charge in [0.1, 0.15) is 17.5 Å². The molecule has 2 aromatic carbocycles. The van der Waals surface area contributed by atoms with Crippen molar-refractivity contribution in [3.05, 3.63) is 65.5 Å². The maximum atomic E-state index is 13.8. The first-order chi connectivity index (χ1) is 15.3. The zero-order chi connectivity index (χ0) is 23.3. The standard InChI is InChI=1S/C22H23F2N5O2S/c1-4-18(21(31)26-17-10-7-14(23)11-16(17)24)32-22-28-27-19(29(22)3)12-20(30)25-15-8-5-13(2)6-9-15/h5-11,18H,4,12H2,1-3H3,(H,25,30)(H,26,31)/t18-/m0/s1. The van der Waals surface area contributed by atoms with Gasteiger partial charge in [0.2, 0.25) is 11.8 Å². The second-order valence-electron chi connectivity index (χ2n) is 7.18. The van der Waals surface area contributed by atoms with E-state index in [0.717, 1.165) is 23.4 Å². The van der Waals surface area contributed by atoms with E-state index in [-0.39, 0.29) is 18.0 Å². The minimum atomic E-state index is -0.848. The summed E-state index contributed by atoms with van der Waals surface area (Å²) in [5.74, 6) is -1.81. The predicted octanol–water partition coefficient (Wildman–Crippen LogP) is 4.09. The van der Waals surface area contributed by atoms with Crippen LogP contribution in [-0.2, 0) is 23.1 Å². The van der Waals surface area contributed by atoms with Crippen molar-refractivity contribution < 1.29 is 18.4 Å². The maximum Gasteiger partial charge on any atom is 0.238 e. The van der Waals surface area contributed by atoms with Crippen LogP contribution in [0.4, 0.5) is 20.2 Å². The topological polar surface area (TPSA) is 88.9 Å². The van der Waals surface area contributed by atoms with Gasteiger partial charge in [0.25, 0.3) is 0 Å². The van der Waals surface area contributed by atoms with Crippen molar-refractivity contribution in [1.82, 2.24) is 14.8 Å². The molecule has 0 bridgehead atoms. The number of aryl methyl sites for hydroxylation is 1. The number of halogens is 2. The van der Waals surface area contributed by atoms with Crippen molar-refractivity contribution in [3.63, 3.8) is 0 Å². The number of nitrogens with zero attached hydrogens (tertiary/aromatic N) is 3. The Labute approximate surface area is 188 Å². The highest BCUT2D eigenvalue weighted by Crippen LogP contribution is 2.26. The summed E-state index contributed by atoms with van der Waals surface area (Å²) >= 11 is 1.15. The molecule has 0 aliphatic heterocycles. The molecule has 0 aliphatic rings. The quantitative estimate of drug-likeness (QED) is 0.496. The van der Waals surface area contributed by atoms with Gasteiger partial charge < -0.3 is 15.2 Å². The SMILES string of the molecule is CC[C@H](Sc1nnc(CC(=O)Nc2ccc(C)cc2)n1C)C(=O)Nc1ccc(F)cc1F. The van der Waals surface area contributed by atoms with Gasteiger partial charge in [-0.3, -0.25) is 9.59 Å². The molecule has 3 rings (SSSR count). The van der Waals surface area contributed by atoms with E-state index in [1.54, 1.807) is 11.6 Å². The number of nitrogens with one attached hydrogen (secondary N) is 2. The summed E-state index contributed by atoms with van der Waals surface area (Å²) < 4.78 is 28.6. The van der Waals surface area contributed by atoms with Crippen LogP contribution in [0.25, 0.3) is 0 Å². The Bertz CT molecular complexity index is 1120. The third kappa shape index (κ3) is 5.91. The first kappa shape index (κ1) is 23.4. The Balaban J connectivity index is 1.63. The first-order valence-electron chi connectivity index (χ1n) is 9.94. The Hall–Kier alpha value is -3.27. The number of hydrogen-bond acceptors (Lipinski definition) is 5. The number of carbonyl (C=O) groups is 2. The zero-order valence-corrected chi connectivity index (χ0v) is 18.7. The molecule has 2 amide bonds. The van der Waals surface area contributed by atoms with Gasteiger partial charge in [-0.1, -0.05) is 36.4 Å². The van der Waals surface area contributed by atoms with Crippen molar-refractivity contribution in [2.75, 3.05) is 10.6 Å². The number of amides is 2. The third-order valence-corrected chi connectivity index (χ3v) is 6.08. The van der Waals surface area contributed by atoms with Crippen LogP contribution in [0.5, 0.6) is 0 Å². The average Bonchev–Trinajstić information content (AvgIpc) is 3.09. The van der Waals surface area contributed by atoms with Crippen LogP contribution in [0.3, 0.4) is 0 Å². The van der Waals surface area contributed by atoms with Gasteiger partial charge in [0.15, 0.2) is 5.16 Å². The fourth-order valence-corrected chi connectivity index (χ4v) is 3.78. The molecule has 1 aromatic heterocycles. The first-order valence-corrected chi connectivity index (χ1v) is 10.8. The van der Waals surface area contributed by atoms with Crippen LogP contribution < -0.4 is 10.6 Å². The van der Waals surface area contributed by atoms with E-state index in [4.69, 9.17) is 0 Å². The lowest BCUT2D eigenvalue weighted by molar-refractivity contribution is -0.116. The molecule has 10 heteroatoms. The molecule has 0 spiro atoms. The highest BCUT2D eigenvalue weighted by molar-refractivity contribution is 8.00. The van der Waals surface area contributed by atoms with Gasteiger partial charge in [-0.2, -0.15) is 0 Å². The summed E-state index contributed by atoms with van der Waals surface area (Å²) in [6.45, 7) is 3.77. The minimum Gasteiger partial charge on any atom is -0.326 e. The van der Waals surface area contributed by atoms with E-state index >= 15 is 0 Å². The average molecular weight is 460 g/mol. The molecule has 0 saturated heterocycles. The van der Waals surface area contributed by atoms with Crippen LogP contribution in [0.2, 0.25) is 0 Å². The molecule has 168 valence electrons. The van der Waals surface area contributed by atoms with Crippen LogP contribution in [0.15, 0.2) is 47.6 Å². The molecule has 0 unspecified atom stereocenters. The summed E-state index contributed by atoms with van der Waals surface area (Å²) in [5, 5.41) is 13.3. The van der Waals surface area contributed by atoms with Crippen LogP contribution in [0, 0.1) is 18.6 Å². The van der Waals surface area contributed by atoms with Gasteiger partial charge >= 0.3 is 0 Å². The molecule has 0 aliphatic carbocycles. The molecule has 3 aromatic rings. The second-order valence-corrected chi connectivity index (χ2v) is 8.35. The molecule has 7 nitrogen and oxygen atoms in total. The molecule has 32 heavy (non-hydrogen) atoms. The Kier molecular flexibility index (Phi) is 7.57. The van der Waals surface area contributed by atoms with Gasteiger partial charge in [0, 0.05) is 18.8 Å². The zero-order valence-electron chi connectivity index (χ0n) is 17.9. The fourth-order valence-electron chi connectivity index (χ4n) is 2.84. The van der Waals surface area contributed by atoms with Crippen molar-refractivity contribution in [2.45, 2.75) is 37.1 Å². The lowest BCUT2D eigenvalue weighted by Gasteiger charge is -2.14. The highest BCUT2D eigenvalue weighted by Gasteiger charge is 2.23. The number of aromatic nitrogens is 3. The summed E-state index contributed by atoms with van der Waals surface area (Å²) in [4.78, 5) is 24.9. The van der Waals surface area contributed by atoms with Gasteiger partial charge in [0.05, 0.1) is 17.4 Å². The van der Waals surface area contributed by atoms with Crippen molar-refractivity contribution >= 4 is 35.0 Å². The summed E-state index contributed by atoms with van der Waals surface area (Å²) in [5.41, 5.74) is 1.68.